The van der Waals surface area contributed by atoms with Gasteiger partial charge < -0.3 is 4.74 Å². The maximum Gasteiger partial charge on any atom is 0.282 e. The number of pyridine rings is 1. The molecule has 6 heteroatoms. The fourth-order valence-electron chi connectivity index (χ4n) is 2.96. The van der Waals surface area contributed by atoms with E-state index in [-0.39, 0.29) is 11.0 Å². The number of ether oxygens (including phenoxy) is 1. The largest absolute Gasteiger partial charge is 0.497 e. The van der Waals surface area contributed by atoms with Crippen molar-refractivity contribution in [1.29, 1.82) is 0 Å². The number of aromatic nitrogens is 3. The molecule has 4 aromatic rings. The number of fused-ring (bicyclic) bond motifs is 5. The number of imidazole rings is 2. The summed E-state index contributed by atoms with van der Waals surface area (Å²) in [5, 5.41) is 0. The van der Waals surface area contributed by atoms with E-state index in [4.69, 9.17) is 4.74 Å². The lowest BCUT2D eigenvalue weighted by Gasteiger charge is -1.99. The molecule has 0 fully saturated rings. The average molecular weight is 295 g/mol. The van der Waals surface area contributed by atoms with Gasteiger partial charge in [0.25, 0.3) is 5.56 Å². The maximum atomic E-state index is 12.8. The van der Waals surface area contributed by atoms with Crippen molar-refractivity contribution >= 4 is 22.3 Å². The Kier molecular flexibility index (Phi) is 2.37. The zero-order valence-corrected chi connectivity index (χ0v) is 12.4. The predicted octanol–water partition coefficient (Wildman–Crippen LogP) is 1.52. The molecule has 3 heterocycles. The van der Waals surface area contributed by atoms with E-state index in [1.54, 1.807) is 43.7 Å². The highest BCUT2D eigenvalue weighted by Crippen LogP contribution is 2.22. The Morgan fingerprint density at radius 1 is 1.18 bits per heavy atom. The summed E-state index contributed by atoms with van der Waals surface area (Å²) in [6, 6.07) is 5.39. The Bertz CT molecular complexity index is 1170. The van der Waals surface area contributed by atoms with Crippen LogP contribution in [0.4, 0.5) is 0 Å². The van der Waals surface area contributed by atoms with E-state index < -0.39 is 0 Å². The highest BCUT2D eigenvalue weighted by Gasteiger charge is 2.18. The van der Waals surface area contributed by atoms with Crippen molar-refractivity contribution in [3.05, 3.63) is 56.1 Å². The number of rotatable bonds is 1. The van der Waals surface area contributed by atoms with Crippen molar-refractivity contribution < 1.29 is 4.74 Å². The molecule has 0 saturated heterocycles. The van der Waals surface area contributed by atoms with Gasteiger partial charge in [0.15, 0.2) is 5.43 Å². The summed E-state index contributed by atoms with van der Waals surface area (Å²) in [5.41, 5.74) is 2.46. The lowest BCUT2D eigenvalue weighted by molar-refractivity contribution is 0.415. The number of nitrogens with zero attached hydrogens (tertiary/aromatic N) is 3. The smallest absolute Gasteiger partial charge is 0.282 e. The van der Waals surface area contributed by atoms with Crippen molar-refractivity contribution in [1.82, 2.24) is 13.8 Å². The molecule has 6 nitrogen and oxygen atoms in total. The Labute approximate surface area is 124 Å². The third kappa shape index (κ3) is 1.41. The summed E-state index contributed by atoms with van der Waals surface area (Å²) in [6.07, 6.45) is 1.67. The van der Waals surface area contributed by atoms with E-state index in [9.17, 15) is 9.59 Å². The van der Waals surface area contributed by atoms with Gasteiger partial charge in [-0.05, 0) is 26.0 Å². The summed E-state index contributed by atoms with van der Waals surface area (Å²) in [7, 11) is 1.57. The van der Waals surface area contributed by atoms with E-state index in [2.05, 4.69) is 4.98 Å². The first-order valence-electron chi connectivity index (χ1n) is 6.87. The Morgan fingerprint density at radius 3 is 2.68 bits per heavy atom. The molecule has 0 aliphatic rings. The zero-order chi connectivity index (χ0) is 15.6. The van der Waals surface area contributed by atoms with Crippen LogP contribution >= 0.6 is 0 Å². The van der Waals surface area contributed by atoms with E-state index in [1.165, 1.54) is 4.40 Å². The van der Waals surface area contributed by atoms with Gasteiger partial charge in [0, 0.05) is 23.4 Å². The topological polar surface area (TPSA) is 65.1 Å². The number of benzene rings is 1. The first kappa shape index (κ1) is 12.8. The minimum atomic E-state index is -0.236. The third-order valence-electron chi connectivity index (χ3n) is 4.08. The van der Waals surface area contributed by atoms with Gasteiger partial charge in [0.05, 0.1) is 18.1 Å². The highest BCUT2D eigenvalue weighted by molar-refractivity contribution is 5.83. The van der Waals surface area contributed by atoms with E-state index >= 15 is 0 Å². The van der Waals surface area contributed by atoms with Crippen molar-refractivity contribution in [2.24, 2.45) is 0 Å². The van der Waals surface area contributed by atoms with Crippen LogP contribution in [0.1, 0.15) is 11.1 Å². The van der Waals surface area contributed by atoms with Crippen LogP contribution < -0.4 is 15.7 Å². The number of methoxy groups -OCH3 is 1. The van der Waals surface area contributed by atoms with Crippen LogP contribution in [0.3, 0.4) is 0 Å². The summed E-state index contributed by atoms with van der Waals surface area (Å²) in [6.45, 7) is 3.41. The molecule has 3 aromatic heterocycles. The lowest BCUT2D eigenvalue weighted by atomic mass is 10.2. The minimum Gasteiger partial charge on any atom is -0.497 e. The average Bonchev–Trinajstić information content (AvgIpc) is 3.01. The van der Waals surface area contributed by atoms with Gasteiger partial charge >= 0.3 is 0 Å². The van der Waals surface area contributed by atoms with Crippen LogP contribution in [-0.4, -0.2) is 20.9 Å². The van der Waals surface area contributed by atoms with Crippen LogP contribution in [0.5, 0.6) is 5.75 Å². The Morgan fingerprint density at radius 2 is 1.95 bits per heavy atom. The van der Waals surface area contributed by atoms with Gasteiger partial charge in [-0.2, -0.15) is 0 Å². The second-order valence-corrected chi connectivity index (χ2v) is 5.39. The molecule has 0 saturated carbocycles. The first-order valence-corrected chi connectivity index (χ1v) is 6.87. The third-order valence-corrected chi connectivity index (χ3v) is 4.08. The molecule has 0 N–H and O–H groups in total. The fourth-order valence-corrected chi connectivity index (χ4v) is 2.96. The number of hydrogen-bond donors (Lipinski definition) is 0. The molecule has 0 amide bonds. The van der Waals surface area contributed by atoms with Crippen molar-refractivity contribution in [3.8, 4) is 5.75 Å². The molecule has 0 radical (unpaired) electrons. The highest BCUT2D eigenvalue weighted by atomic mass is 16.5. The van der Waals surface area contributed by atoms with Gasteiger partial charge in [0.2, 0.25) is 5.78 Å². The van der Waals surface area contributed by atoms with Crippen molar-refractivity contribution in [2.45, 2.75) is 13.8 Å². The molecular formula is C16H13N3O3. The summed E-state index contributed by atoms with van der Waals surface area (Å²) in [4.78, 5) is 29.4. The molecule has 0 atom stereocenters. The van der Waals surface area contributed by atoms with Gasteiger partial charge in [-0.1, -0.05) is 0 Å². The molecule has 0 spiro atoms. The van der Waals surface area contributed by atoms with Crippen LogP contribution in [0.25, 0.3) is 22.3 Å². The normalized spacial score (nSPS) is 11.8. The Hall–Kier alpha value is -2.89. The van der Waals surface area contributed by atoms with E-state index in [0.717, 1.165) is 0 Å². The maximum absolute atomic E-state index is 12.8. The molecule has 0 aliphatic carbocycles. The van der Waals surface area contributed by atoms with Crippen molar-refractivity contribution in [2.75, 3.05) is 7.11 Å². The molecule has 0 aliphatic heterocycles. The molecule has 22 heavy (non-hydrogen) atoms. The SMILES string of the molecule is COc1ccc2nc3n4cc(C)c(=O)c(C)c4c(=O)n3c2c1. The monoisotopic (exact) mass is 295 g/mol. The van der Waals surface area contributed by atoms with Gasteiger partial charge in [0.1, 0.15) is 11.3 Å². The van der Waals surface area contributed by atoms with Crippen LogP contribution in [0, 0.1) is 13.8 Å². The second-order valence-electron chi connectivity index (χ2n) is 5.39. The molecule has 110 valence electrons. The summed E-state index contributed by atoms with van der Waals surface area (Å²) < 4.78 is 8.44. The number of hydrogen-bond acceptors (Lipinski definition) is 4. The minimum absolute atomic E-state index is 0.104. The molecule has 1 aromatic carbocycles. The van der Waals surface area contributed by atoms with Gasteiger partial charge in [-0.25, -0.2) is 9.38 Å². The summed E-state index contributed by atoms with van der Waals surface area (Å²) in [5.74, 6) is 1.16. The Balaban J connectivity index is 2.32. The lowest BCUT2D eigenvalue weighted by Crippen LogP contribution is -2.15. The number of aryl methyl sites for hydroxylation is 2. The van der Waals surface area contributed by atoms with Gasteiger partial charge in [-0.3, -0.25) is 14.0 Å². The van der Waals surface area contributed by atoms with Crippen LogP contribution in [0.15, 0.2) is 34.0 Å². The predicted molar refractivity (Wildman–Crippen MR) is 83.4 cm³/mol. The van der Waals surface area contributed by atoms with Gasteiger partial charge in [-0.15, -0.1) is 0 Å². The van der Waals surface area contributed by atoms with Crippen LogP contribution in [0.2, 0.25) is 0 Å². The molecular weight excluding hydrogens is 282 g/mol. The zero-order valence-electron chi connectivity index (χ0n) is 12.4. The molecule has 0 bridgehead atoms. The standard InChI is InChI=1S/C16H13N3O3/c1-8-7-18-13(9(2)14(8)20)15(21)19-12-6-10(22-3)4-5-11(12)17-16(18)19/h4-7H,1-3H3. The van der Waals surface area contributed by atoms with E-state index in [0.29, 0.717) is 39.2 Å². The molecule has 4 rings (SSSR count). The first-order chi connectivity index (χ1) is 10.5. The van der Waals surface area contributed by atoms with Crippen LogP contribution in [-0.2, 0) is 0 Å². The summed E-state index contributed by atoms with van der Waals surface area (Å²) >= 11 is 0. The van der Waals surface area contributed by atoms with Crippen molar-refractivity contribution in [3.63, 3.8) is 0 Å². The van der Waals surface area contributed by atoms with E-state index in [1.807, 2.05) is 6.07 Å². The quantitative estimate of drug-likeness (QED) is 0.534. The second kappa shape index (κ2) is 4.07. The fraction of sp³-hybridized carbons (Fsp3) is 0.188. The molecule has 0 unspecified atom stereocenters.